The second-order valence-corrected chi connectivity index (χ2v) is 4.98. The molecule has 0 amide bonds. The molecule has 2 rings (SSSR count). The van der Waals surface area contributed by atoms with Gasteiger partial charge in [-0.2, -0.15) is 0 Å². The van der Waals surface area contributed by atoms with E-state index in [4.69, 9.17) is 9.47 Å². The number of hydrogen-bond acceptors (Lipinski definition) is 4. The van der Waals surface area contributed by atoms with Crippen molar-refractivity contribution in [3.8, 4) is 5.75 Å². The maximum Gasteiger partial charge on any atom is 0.203 e. The fourth-order valence-corrected chi connectivity index (χ4v) is 2.09. The molecule has 0 unspecified atom stereocenters. The minimum Gasteiger partial charge on any atom is -0.492 e. The van der Waals surface area contributed by atoms with Crippen molar-refractivity contribution in [1.82, 2.24) is 9.55 Å². The van der Waals surface area contributed by atoms with Gasteiger partial charge in [-0.3, -0.25) is 0 Å². The van der Waals surface area contributed by atoms with E-state index in [2.05, 4.69) is 27.9 Å². The quantitative estimate of drug-likeness (QED) is 0.759. The standard InChI is InChI=1S/C16H23N3O2/c1-13-5-4-6-15(11-13)21-10-8-19-12-14(2)18-16(19)17-7-9-20-3/h4-6,11-12H,7-10H2,1-3H3,(H,17,18). The van der Waals surface area contributed by atoms with Crippen LogP contribution in [0.15, 0.2) is 30.5 Å². The molecule has 0 saturated carbocycles. The zero-order chi connectivity index (χ0) is 15.1. The number of rotatable bonds is 8. The highest BCUT2D eigenvalue weighted by Crippen LogP contribution is 2.13. The molecular weight excluding hydrogens is 266 g/mol. The lowest BCUT2D eigenvalue weighted by molar-refractivity contribution is 0.210. The number of anilines is 1. The molecule has 0 aliphatic rings. The van der Waals surface area contributed by atoms with Crippen LogP contribution in [0.2, 0.25) is 0 Å². The van der Waals surface area contributed by atoms with Crippen LogP contribution in [-0.2, 0) is 11.3 Å². The van der Waals surface area contributed by atoms with E-state index in [1.54, 1.807) is 7.11 Å². The highest BCUT2D eigenvalue weighted by atomic mass is 16.5. The van der Waals surface area contributed by atoms with Crippen molar-refractivity contribution in [3.05, 3.63) is 41.7 Å². The summed E-state index contributed by atoms with van der Waals surface area (Å²) in [6, 6.07) is 8.08. The summed E-state index contributed by atoms with van der Waals surface area (Å²) in [5, 5.41) is 3.26. The van der Waals surface area contributed by atoms with E-state index in [0.29, 0.717) is 13.2 Å². The second-order valence-electron chi connectivity index (χ2n) is 4.98. The summed E-state index contributed by atoms with van der Waals surface area (Å²) in [7, 11) is 1.69. The Balaban J connectivity index is 1.87. The first-order valence-corrected chi connectivity index (χ1v) is 7.15. The average molecular weight is 289 g/mol. The third kappa shape index (κ3) is 4.79. The van der Waals surface area contributed by atoms with Crippen LogP contribution < -0.4 is 10.1 Å². The molecule has 21 heavy (non-hydrogen) atoms. The van der Waals surface area contributed by atoms with Gasteiger partial charge in [0.05, 0.1) is 18.8 Å². The number of benzene rings is 1. The fraction of sp³-hybridized carbons (Fsp3) is 0.438. The van der Waals surface area contributed by atoms with Gasteiger partial charge in [-0.1, -0.05) is 12.1 Å². The van der Waals surface area contributed by atoms with Crippen molar-refractivity contribution >= 4 is 5.95 Å². The first-order chi connectivity index (χ1) is 10.2. The van der Waals surface area contributed by atoms with Gasteiger partial charge >= 0.3 is 0 Å². The number of aryl methyl sites for hydroxylation is 2. The Hall–Kier alpha value is -2.01. The molecule has 2 aromatic rings. The van der Waals surface area contributed by atoms with Gasteiger partial charge in [-0.05, 0) is 31.5 Å². The smallest absolute Gasteiger partial charge is 0.203 e. The Bertz CT molecular complexity index is 566. The van der Waals surface area contributed by atoms with E-state index in [-0.39, 0.29) is 0 Å². The number of hydrogen-bond donors (Lipinski definition) is 1. The maximum absolute atomic E-state index is 5.78. The van der Waals surface area contributed by atoms with Crippen molar-refractivity contribution in [2.75, 3.05) is 32.2 Å². The van der Waals surface area contributed by atoms with Crippen molar-refractivity contribution in [1.29, 1.82) is 0 Å². The first-order valence-electron chi connectivity index (χ1n) is 7.15. The van der Waals surface area contributed by atoms with E-state index in [1.165, 1.54) is 5.56 Å². The molecule has 0 fully saturated rings. The van der Waals surface area contributed by atoms with Crippen LogP contribution in [0.25, 0.3) is 0 Å². The van der Waals surface area contributed by atoms with Crippen molar-refractivity contribution in [3.63, 3.8) is 0 Å². The third-order valence-electron chi connectivity index (χ3n) is 3.08. The summed E-state index contributed by atoms with van der Waals surface area (Å²) in [6.45, 7) is 6.81. The van der Waals surface area contributed by atoms with Crippen LogP contribution in [0.3, 0.4) is 0 Å². The molecule has 0 radical (unpaired) electrons. The lowest BCUT2D eigenvalue weighted by Crippen LogP contribution is -2.14. The number of imidazole rings is 1. The lowest BCUT2D eigenvalue weighted by Gasteiger charge is -2.11. The summed E-state index contributed by atoms with van der Waals surface area (Å²) in [6.07, 6.45) is 2.02. The zero-order valence-corrected chi connectivity index (χ0v) is 12.9. The molecule has 0 aliphatic carbocycles. The molecule has 0 atom stereocenters. The monoisotopic (exact) mass is 289 g/mol. The van der Waals surface area contributed by atoms with Crippen molar-refractivity contribution in [2.24, 2.45) is 0 Å². The van der Waals surface area contributed by atoms with Gasteiger partial charge in [-0.25, -0.2) is 4.98 Å². The van der Waals surface area contributed by atoms with E-state index in [1.807, 2.05) is 31.3 Å². The molecule has 0 spiro atoms. The molecule has 1 aromatic heterocycles. The molecule has 5 heteroatoms. The Morgan fingerprint density at radius 1 is 1.24 bits per heavy atom. The average Bonchev–Trinajstić information content (AvgIpc) is 2.80. The lowest BCUT2D eigenvalue weighted by atomic mass is 10.2. The van der Waals surface area contributed by atoms with E-state index in [0.717, 1.165) is 30.5 Å². The van der Waals surface area contributed by atoms with Crippen molar-refractivity contribution in [2.45, 2.75) is 20.4 Å². The van der Waals surface area contributed by atoms with Gasteiger partial charge in [-0.15, -0.1) is 0 Å². The number of nitrogens with zero attached hydrogens (tertiary/aromatic N) is 2. The molecule has 0 bridgehead atoms. The third-order valence-corrected chi connectivity index (χ3v) is 3.08. The highest BCUT2D eigenvalue weighted by Gasteiger charge is 2.05. The molecule has 1 aromatic carbocycles. The van der Waals surface area contributed by atoms with E-state index >= 15 is 0 Å². The molecule has 0 saturated heterocycles. The van der Waals surface area contributed by atoms with Gasteiger partial charge < -0.3 is 19.4 Å². The predicted octanol–water partition coefficient (Wildman–Crippen LogP) is 2.64. The SMILES string of the molecule is COCCNc1nc(C)cn1CCOc1cccc(C)c1. The van der Waals surface area contributed by atoms with Crippen LogP contribution in [-0.4, -0.2) is 36.4 Å². The van der Waals surface area contributed by atoms with Crippen LogP contribution in [0.5, 0.6) is 5.75 Å². The minimum absolute atomic E-state index is 0.609. The minimum atomic E-state index is 0.609. The Morgan fingerprint density at radius 2 is 2.10 bits per heavy atom. The molecular formula is C16H23N3O2. The highest BCUT2D eigenvalue weighted by molar-refractivity contribution is 5.29. The van der Waals surface area contributed by atoms with Gasteiger partial charge in [0, 0.05) is 19.9 Å². The predicted molar refractivity (Wildman–Crippen MR) is 84.0 cm³/mol. The largest absolute Gasteiger partial charge is 0.492 e. The van der Waals surface area contributed by atoms with E-state index in [9.17, 15) is 0 Å². The number of aromatic nitrogens is 2. The number of ether oxygens (including phenoxy) is 2. The first kappa shape index (κ1) is 15.4. The van der Waals surface area contributed by atoms with Crippen LogP contribution >= 0.6 is 0 Å². The topological polar surface area (TPSA) is 48.3 Å². The number of nitrogens with one attached hydrogen (secondary N) is 1. The van der Waals surface area contributed by atoms with Gasteiger partial charge in [0.15, 0.2) is 0 Å². The maximum atomic E-state index is 5.78. The summed E-state index contributed by atoms with van der Waals surface area (Å²) < 4.78 is 12.9. The summed E-state index contributed by atoms with van der Waals surface area (Å²) in [4.78, 5) is 4.46. The molecule has 1 heterocycles. The Morgan fingerprint density at radius 3 is 2.86 bits per heavy atom. The van der Waals surface area contributed by atoms with Gasteiger partial charge in [0.1, 0.15) is 12.4 Å². The summed E-state index contributed by atoms with van der Waals surface area (Å²) in [5.41, 5.74) is 2.19. The Labute approximate surface area is 125 Å². The molecule has 1 N–H and O–H groups in total. The summed E-state index contributed by atoms with van der Waals surface area (Å²) >= 11 is 0. The fourth-order valence-electron chi connectivity index (χ4n) is 2.09. The molecule has 5 nitrogen and oxygen atoms in total. The van der Waals surface area contributed by atoms with Crippen LogP contribution in [0.4, 0.5) is 5.95 Å². The van der Waals surface area contributed by atoms with Gasteiger partial charge in [0.2, 0.25) is 5.95 Å². The van der Waals surface area contributed by atoms with Crippen molar-refractivity contribution < 1.29 is 9.47 Å². The Kier molecular flexibility index (Phi) is 5.63. The van der Waals surface area contributed by atoms with E-state index < -0.39 is 0 Å². The molecule has 114 valence electrons. The van der Waals surface area contributed by atoms with Crippen LogP contribution in [0.1, 0.15) is 11.3 Å². The normalized spacial score (nSPS) is 10.6. The van der Waals surface area contributed by atoms with Gasteiger partial charge in [0.25, 0.3) is 0 Å². The zero-order valence-electron chi connectivity index (χ0n) is 12.9. The molecule has 0 aliphatic heterocycles. The number of methoxy groups -OCH3 is 1. The second kappa shape index (κ2) is 7.69. The summed E-state index contributed by atoms with van der Waals surface area (Å²) in [5.74, 6) is 1.76. The van der Waals surface area contributed by atoms with Crippen LogP contribution in [0, 0.1) is 13.8 Å².